The number of hydrogen-bond acceptors (Lipinski definition) is 6. The number of ether oxygens (including phenoxy) is 3. The van der Waals surface area contributed by atoms with E-state index in [0.717, 1.165) is 103 Å². The standard InChI is InChI=1S/C56H90O6/c1-4-7-10-13-16-19-22-25-26-27-28-29-30-32-34-37-40-43-46-49-55(58)61-52-53(51-60-54(57)48-45-42-39-36-33-24-21-18-15-12-9-6-3)62-56(59)50-47-44-41-38-35-31-23-20-17-14-11-8-5-2/h7,9-10,12,16,18-19,21,25-26,28-29,31,33,35-36,41,44,53H,4-6,8,11,13-15,17,20,22-24,27,30,32,34,37-40,42-43,45-52H2,1-3H3/b10-7-,12-9-,19-16-,21-18-,26-25-,29-28-,35-31-,36-33-,44-41-. The highest BCUT2D eigenvalue weighted by atomic mass is 16.6. The first-order valence-corrected chi connectivity index (χ1v) is 24.9. The molecule has 350 valence electrons. The fourth-order valence-corrected chi connectivity index (χ4v) is 6.32. The van der Waals surface area contributed by atoms with Gasteiger partial charge in [-0.1, -0.05) is 188 Å². The molecule has 0 aromatic heterocycles. The lowest BCUT2D eigenvalue weighted by atomic mass is 10.1. The molecule has 1 atom stereocenters. The van der Waals surface area contributed by atoms with Gasteiger partial charge in [0, 0.05) is 19.3 Å². The normalized spacial score (nSPS) is 13.0. The minimum atomic E-state index is -0.831. The van der Waals surface area contributed by atoms with Gasteiger partial charge < -0.3 is 14.2 Å². The molecule has 0 N–H and O–H groups in total. The zero-order valence-electron chi connectivity index (χ0n) is 39.8. The van der Waals surface area contributed by atoms with Crippen molar-refractivity contribution < 1.29 is 28.6 Å². The zero-order chi connectivity index (χ0) is 45.1. The second-order valence-corrected chi connectivity index (χ2v) is 16.0. The molecule has 0 aliphatic heterocycles. The summed E-state index contributed by atoms with van der Waals surface area (Å²) in [7, 11) is 0. The Morgan fingerprint density at radius 3 is 1.08 bits per heavy atom. The summed E-state index contributed by atoms with van der Waals surface area (Å²) in [6.45, 7) is 6.28. The third-order valence-electron chi connectivity index (χ3n) is 10.0. The first kappa shape index (κ1) is 58.1. The van der Waals surface area contributed by atoms with E-state index in [-0.39, 0.29) is 31.6 Å². The van der Waals surface area contributed by atoms with Crippen molar-refractivity contribution >= 4 is 17.9 Å². The van der Waals surface area contributed by atoms with Crippen LogP contribution in [0, 0.1) is 0 Å². The van der Waals surface area contributed by atoms with Crippen LogP contribution in [0.4, 0.5) is 0 Å². The SMILES string of the molecule is CC/C=C\C/C=C\C/C=C\C/C=C\CCCCCCCCC(=O)OCC(COC(=O)CCCC/C=C\C/C=C\C/C=C\CC)OC(=O)CC/C=C\C/C=C\CCCCCCCC. The lowest BCUT2D eigenvalue weighted by Crippen LogP contribution is -2.30. The number of unbranched alkanes of at least 4 members (excludes halogenated alkanes) is 14. The number of esters is 3. The predicted octanol–water partition coefficient (Wildman–Crippen LogP) is 16.4. The molecule has 0 radical (unpaired) electrons. The quantitative estimate of drug-likeness (QED) is 0.0263. The fourth-order valence-electron chi connectivity index (χ4n) is 6.32. The molecular formula is C56H90O6. The minimum absolute atomic E-state index is 0.122. The van der Waals surface area contributed by atoms with E-state index in [1.165, 1.54) is 51.4 Å². The summed E-state index contributed by atoms with van der Waals surface area (Å²) in [6.07, 6.45) is 66.6. The molecule has 0 saturated carbocycles. The molecule has 0 aliphatic carbocycles. The Morgan fingerprint density at radius 2 is 0.661 bits per heavy atom. The Balaban J connectivity index is 4.50. The predicted molar refractivity (Wildman–Crippen MR) is 265 cm³/mol. The summed E-state index contributed by atoms with van der Waals surface area (Å²) in [4.78, 5) is 37.8. The van der Waals surface area contributed by atoms with Crippen LogP contribution in [0.3, 0.4) is 0 Å². The van der Waals surface area contributed by atoms with Crippen LogP contribution in [0.1, 0.15) is 207 Å². The van der Waals surface area contributed by atoms with E-state index in [0.29, 0.717) is 25.7 Å². The maximum Gasteiger partial charge on any atom is 0.306 e. The molecule has 0 rings (SSSR count). The van der Waals surface area contributed by atoms with Gasteiger partial charge in [0.2, 0.25) is 0 Å². The highest BCUT2D eigenvalue weighted by molar-refractivity contribution is 5.71. The van der Waals surface area contributed by atoms with Gasteiger partial charge in [-0.3, -0.25) is 14.4 Å². The molecule has 62 heavy (non-hydrogen) atoms. The van der Waals surface area contributed by atoms with Crippen molar-refractivity contribution in [2.24, 2.45) is 0 Å². The maximum atomic E-state index is 12.7. The van der Waals surface area contributed by atoms with Crippen LogP contribution in [-0.2, 0) is 28.6 Å². The van der Waals surface area contributed by atoms with Gasteiger partial charge in [0.15, 0.2) is 6.10 Å². The smallest absolute Gasteiger partial charge is 0.306 e. The van der Waals surface area contributed by atoms with Crippen LogP contribution in [0.2, 0.25) is 0 Å². The average molecular weight is 859 g/mol. The summed E-state index contributed by atoms with van der Waals surface area (Å²) in [6, 6.07) is 0. The first-order chi connectivity index (χ1) is 30.5. The fraction of sp³-hybridized carbons (Fsp3) is 0.625. The molecule has 0 spiro atoms. The molecule has 6 nitrogen and oxygen atoms in total. The van der Waals surface area contributed by atoms with Crippen LogP contribution >= 0.6 is 0 Å². The van der Waals surface area contributed by atoms with Crippen LogP contribution in [-0.4, -0.2) is 37.2 Å². The van der Waals surface area contributed by atoms with E-state index in [4.69, 9.17) is 14.2 Å². The Bertz CT molecular complexity index is 1310. The number of allylic oxidation sites excluding steroid dienone is 18. The summed E-state index contributed by atoms with van der Waals surface area (Å²) in [5.74, 6) is -1.05. The van der Waals surface area contributed by atoms with Gasteiger partial charge in [-0.25, -0.2) is 0 Å². The van der Waals surface area contributed by atoms with Gasteiger partial charge in [-0.15, -0.1) is 0 Å². The second-order valence-electron chi connectivity index (χ2n) is 16.0. The monoisotopic (exact) mass is 859 g/mol. The molecular weight excluding hydrogens is 769 g/mol. The average Bonchev–Trinajstić information content (AvgIpc) is 3.27. The summed E-state index contributed by atoms with van der Waals surface area (Å²) >= 11 is 0. The highest BCUT2D eigenvalue weighted by Crippen LogP contribution is 2.12. The molecule has 0 amide bonds. The van der Waals surface area contributed by atoms with Gasteiger partial charge in [0.25, 0.3) is 0 Å². The van der Waals surface area contributed by atoms with Crippen LogP contribution < -0.4 is 0 Å². The van der Waals surface area contributed by atoms with Crippen molar-refractivity contribution in [1.29, 1.82) is 0 Å². The van der Waals surface area contributed by atoms with Crippen molar-refractivity contribution in [3.05, 3.63) is 109 Å². The van der Waals surface area contributed by atoms with Crippen molar-refractivity contribution in [2.75, 3.05) is 13.2 Å². The maximum absolute atomic E-state index is 12.7. The number of carbonyl (C=O) groups excluding carboxylic acids is 3. The summed E-state index contributed by atoms with van der Waals surface area (Å²) < 4.78 is 16.6. The van der Waals surface area contributed by atoms with Crippen molar-refractivity contribution in [3.8, 4) is 0 Å². The minimum Gasteiger partial charge on any atom is -0.462 e. The van der Waals surface area contributed by atoms with E-state index in [2.05, 4.69) is 124 Å². The van der Waals surface area contributed by atoms with Crippen LogP contribution in [0.15, 0.2) is 109 Å². The molecule has 0 aromatic rings. The van der Waals surface area contributed by atoms with Gasteiger partial charge >= 0.3 is 17.9 Å². The van der Waals surface area contributed by atoms with Gasteiger partial charge in [-0.05, 0) is 109 Å². The van der Waals surface area contributed by atoms with E-state index >= 15 is 0 Å². The number of hydrogen-bond donors (Lipinski definition) is 0. The Kier molecular flexibility index (Phi) is 46.6. The van der Waals surface area contributed by atoms with E-state index in [1.807, 2.05) is 6.08 Å². The van der Waals surface area contributed by atoms with E-state index in [9.17, 15) is 14.4 Å². The largest absolute Gasteiger partial charge is 0.462 e. The van der Waals surface area contributed by atoms with Gasteiger partial charge in [0.1, 0.15) is 13.2 Å². The van der Waals surface area contributed by atoms with Crippen LogP contribution in [0.25, 0.3) is 0 Å². The molecule has 0 saturated heterocycles. The molecule has 1 unspecified atom stereocenters. The van der Waals surface area contributed by atoms with Crippen LogP contribution in [0.5, 0.6) is 0 Å². The third-order valence-corrected chi connectivity index (χ3v) is 10.0. The van der Waals surface area contributed by atoms with Crippen molar-refractivity contribution in [1.82, 2.24) is 0 Å². The topological polar surface area (TPSA) is 78.9 Å². The van der Waals surface area contributed by atoms with E-state index < -0.39 is 12.1 Å². The van der Waals surface area contributed by atoms with Crippen molar-refractivity contribution in [2.45, 2.75) is 213 Å². The highest BCUT2D eigenvalue weighted by Gasteiger charge is 2.19. The lowest BCUT2D eigenvalue weighted by Gasteiger charge is -2.18. The number of rotatable bonds is 43. The summed E-state index contributed by atoms with van der Waals surface area (Å²) in [5.41, 5.74) is 0. The van der Waals surface area contributed by atoms with Crippen molar-refractivity contribution in [3.63, 3.8) is 0 Å². The zero-order valence-corrected chi connectivity index (χ0v) is 39.8. The molecule has 0 aromatic carbocycles. The molecule has 6 heteroatoms. The van der Waals surface area contributed by atoms with Gasteiger partial charge in [0.05, 0.1) is 0 Å². The Morgan fingerprint density at radius 1 is 0.339 bits per heavy atom. The third kappa shape index (κ3) is 47.1. The summed E-state index contributed by atoms with van der Waals surface area (Å²) in [5, 5.41) is 0. The first-order valence-electron chi connectivity index (χ1n) is 24.9. The Hall–Kier alpha value is -3.93. The Labute approximate surface area is 380 Å². The lowest BCUT2D eigenvalue weighted by molar-refractivity contribution is -0.166. The molecule has 0 heterocycles. The molecule has 0 bridgehead atoms. The van der Waals surface area contributed by atoms with E-state index in [1.54, 1.807) is 0 Å². The molecule has 0 aliphatic rings. The van der Waals surface area contributed by atoms with Gasteiger partial charge in [-0.2, -0.15) is 0 Å². The second kappa shape index (κ2) is 49.7. The molecule has 0 fully saturated rings. The number of carbonyl (C=O) groups is 3.